The molecular formula is C14H17ClN2S. The Morgan fingerprint density at radius 3 is 2.67 bits per heavy atom. The van der Waals surface area contributed by atoms with E-state index in [4.69, 9.17) is 17.3 Å². The van der Waals surface area contributed by atoms with E-state index in [0.717, 1.165) is 17.1 Å². The second-order valence-electron chi connectivity index (χ2n) is 4.07. The maximum atomic E-state index is 6.15. The van der Waals surface area contributed by atoms with Crippen molar-refractivity contribution in [2.24, 2.45) is 5.73 Å². The molecule has 2 nitrogen and oxygen atoms in total. The Morgan fingerprint density at radius 1 is 1.28 bits per heavy atom. The molecule has 1 aromatic heterocycles. The molecule has 0 aliphatic heterocycles. The van der Waals surface area contributed by atoms with Gasteiger partial charge in [0.1, 0.15) is 0 Å². The topological polar surface area (TPSA) is 38.0 Å². The Bertz CT molecular complexity index is 510. The average Bonchev–Trinajstić information content (AvgIpc) is 2.86. The number of rotatable bonds is 5. The Balaban J connectivity index is 2.17. The highest BCUT2D eigenvalue weighted by molar-refractivity contribution is 7.12. The van der Waals surface area contributed by atoms with Crippen LogP contribution in [0, 0.1) is 0 Å². The number of para-hydroxylation sites is 1. The van der Waals surface area contributed by atoms with Gasteiger partial charge in [-0.1, -0.05) is 30.7 Å². The van der Waals surface area contributed by atoms with Crippen molar-refractivity contribution in [2.75, 3.05) is 11.9 Å². The molecule has 96 valence electrons. The van der Waals surface area contributed by atoms with Gasteiger partial charge in [0.15, 0.2) is 0 Å². The zero-order valence-electron chi connectivity index (χ0n) is 10.3. The molecule has 0 amide bonds. The van der Waals surface area contributed by atoms with Crippen molar-refractivity contribution < 1.29 is 0 Å². The minimum absolute atomic E-state index is 0.121. The van der Waals surface area contributed by atoms with Crippen molar-refractivity contribution in [1.29, 1.82) is 0 Å². The minimum atomic E-state index is 0.121. The highest BCUT2D eigenvalue weighted by Crippen LogP contribution is 2.29. The second kappa shape index (κ2) is 6.23. The average molecular weight is 281 g/mol. The van der Waals surface area contributed by atoms with E-state index in [9.17, 15) is 0 Å². The summed E-state index contributed by atoms with van der Waals surface area (Å²) in [5, 5.41) is 4.13. The third-order valence-electron chi connectivity index (χ3n) is 2.81. The van der Waals surface area contributed by atoms with E-state index in [1.54, 1.807) is 11.3 Å². The molecule has 2 rings (SSSR count). The lowest BCUT2D eigenvalue weighted by molar-refractivity contribution is 0.806. The number of hydrogen-bond acceptors (Lipinski definition) is 3. The van der Waals surface area contributed by atoms with Crippen LogP contribution in [-0.4, -0.2) is 6.54 Å². The summed E-state index contributed by atoms with van der Waals surface area (Å²) in [6.45, 7) is 2.71. The van der Waals surface area contributed by atoms with Crippen molar-refractivity contribution in [3.05, 3.63) is 51.2 Å². The van der Waals surface area contributed by atoms with Gasteiger partial charge in [0, 0.05) is 16.3 Å². The highest BCUT2D eigenvalue weighted by Gasteiger charge is 2.13. The van der Waals surface area contributed by atoms with Crippen molar-refractivity contribution in [1.82, 2.24) is 0 Å². The minimum Gasteiger partial charge on any atom is -0.375 e. The quantitative estimate of drug-likeness (QED) is 0.866. The molecule has 1 aromatic carbocycles. The van der Waals surface area contributed by atoms with Crippen molar-refractivity contribution in [3.8, 4) is 0 Å². The molecule has 0 aliphatic carbocycles. The number of nitrogens with one attached hydrogen (secondary N) is 1. The molecular weight excluding hydrogens is 264 g/mol. The molecule has 18 heavy (non-hydrogen) atoms. The predicted molar refractivity (Wildman–Crippen MR) is 80.6 cm³/mol. The molecule has 1 heterocycles. The first-order valence-electron chi connectivity index (χ1n) is 6.04. The van der Waals surface area contributed by atoms with Crippen LogP contribution in [0.3, 0.4) is 0 Å². The van der Waals surface area contributed by atoms with Crippen LogP contribution in [0.5, 0.6) is 0 Å². The summed E-state index contributed by atoms with van der Waals surface area (Å²) in [5.41, 5.74) is 6.79. The third kappa shape index (κ3) is 3.05. The Labute approximate surface area is 117 Å². The molecule has 0 saturated carbocycles. The number of anilines is 1. The zero-order valence-corrected chi connectivity index (χ0v) is 11.9. The number of aryl methyl sites for hydroxylation is 1. The SMILES string of the molecule is CCc1ccc(C(CN)Nc2ccccc2Cl)s1. The van der Waals surface area contributed by atoms with Gasteiger partial charge in [-0.15, -0.1) is 11.3 Å². The number of hydrogen-bond donors (Lipinski definition) is 2. The summed E-state index contributed by atoms with van der Waals surface area (Å²) in [5.74, 6) is 0. The van der Waals surface area contributed by atoms with E-state index in [-0.39, 0.29) is 6.04 Å². The Hall–Kier alpha value is -1.03. The van der Waals surface area contributed by atoms with Gasteiger partial charge in [0.25, 0.3) is 0 Å². The summed E-state index contributed by atoms with van der Waals surface area (Å²) in [6.07, 6.45) is 1.06. The normalized spacial score (nSPS) is 12.4. The van der Waals surface area contributed by atoms with E-state index in [1.807, 2.05) is 24.3 Å². The van der Waals surface area contributed by atoms with Crippen LogP contribution in [0.15, 0.2) is 36.4 Å². The number of thiophene rings is 1. The fourth-order valence-corrected chi connectivity index (χ4v) is 2.99. The Kier molecular flexibility index (Phi) is 4.64. The van der Waals surface area contributed by atoms with Crippen LogP contribution in [-0.2, 0) is 6.42 Å². The molecule has 0 fully saturated rings. The first kappa shape index (κ1) is 13.4. The molecule has 1 atom stereocenters. The van der Waals surface area contributed by atoms with Crippen molar-refractivity contribution in [2.45, 2.75) is 19.4 Å². The second-order valence-corrected chi connectivity index (χ2v) is 5.68. The molecule has 4 heteroatoms. The number of benzene rings is 1. The first-order chi connectivity index (χ1) is 8.74. The van der Waals surface area contributed by atoms with Crippen molar-refractivity contribution in [3.63, 3.8) is 0 Å². The van der Waals surface area contributed by atoms with E-state index >= 15 is 0 Å². The lowest BCUT2D eigenvalue weighted by Gasteiger charge is -2.17. The van der Waals surface area contributed by atoms with Crippen LogP contribution in [0.2, 0.25) is 5.02 Å². The fourth-order valence-electron chi connectivity index (χ4n) is 1.78. The highest BCUT2D eigenvalue weighted by atomic mass is 35.5. The summed E-state index contributed by atoms with van der Waals surface area (Å²) < 4.78 is 0. The van der Waals surface area contributed by atoms with E-state index < -0.39 is 0 Å². The summed E-state index contributed by atoms with van der Waals surface area (Å²) in [4.78, 5) is 2.64. The molecule has 2 aromatic rings. The van der Waals surface area contributed by atoms with Crippen LogP contribution < -0.4 is 11.1 Å². The van der Waals surface area contributed by atoms with Gasteiger partial charge in [-0.25, -0.2) is 0 Å². The van der Waals surface area contributed by atoms with Gasteiger partial charge in [-0.2, -0.15) is 0 Å². The van der Waals surface area contributed by atoms with Gasteiger partial charge < -0.3 is 11.1 Å². The van der Waals surface area contributed by atoms with Crippen molar-refractivity contribution >= 4 is 28.6 Å². The van der Waals surface area contributed by atoms with E-state index in [1.165, 1.54) is 9.75 Å². The molecule has 1 unspecified atom stereocenters. The van der Waals surface area contributed by atoms with E-state index in [0.29, 0.717) is 6.54 Å². The maximum absolute atomic E-state index is 6.15. The van der Waals surface area contributed by atoms with Gasteiger partial charge >= 0.3 is 0 Å². The number of halogens is 1. The van der Waals surface area contributed by atoms with Gasteiger partial charge in [-0.05, 0) is 30.7 Å². The Morgan fingerprint density at radius 2 is 2.06 bits per heavy atom. The maximum Gasteiger partial charge on any atom is 0.0729 e. The third-order valence-corrected chi connectivity index (χ3v) is 4.49. The van der Waals surface area contributed by atoms with E-state index in [2.05, 4.69) is 24.4 Å². The molecule has 0 saturated heterocycles. The lowest BCUT2D eigenvalue weighted by Crippen LogP contribution is -2.19. The summed E-state index contributed by atoms with van der Waals surface area (Å²) >= 11 is 7.95. The lowest BCUT2D eigenvalue weighted by atomic mass is 10.2. The van der Waals surface area contributed by atoms with Gasteiger partial charge in [-0.3, -0.25) is 0 Å². The smallest absolute Gasteiger partial charge is 0.0729 e. The first-order valence-corrected chi connectivity index (χ1v) is 7.23. The van der Waals surface area contributed by atoms with Crippen LogP contribution in [0.4, 0.5) is 5.69 Å². The number of nitrogens with two attached hydrogens (primary N) is 1. The monoisotopic (exact) mass is 280 g/mol. The van der Waals surface area contributed by atoms with Crippen LogP contribution in [0.25, 0.3) is 0 Å². The molecule has 0 bridgehead atoms. The molecule has 3 N–H and O–H groups in total. The fraction of sp³-hybridized carbons (Fsp3) is 0.286. The standard InChI is InChI=1S/C14H17ClN2S/c1-2-10-7-8-14(18-10)13(9-16)17-12-6-4-3-5-11(12)15/h3-8,13,17H,2,9,16H2,1H3. The predicted octanol–water partition coefficient (Wildman–Crippen LogP) is 4.08. The van der Waals surface area contributed by atoms with Gasteiger partial charge in [0.05, 0.1) is 16.8 Å². The molecule has 0 radical (unpaired) electrons. The van der Waals surface area contributed by atoms with Gasteiger partial charge in [0.2, 0.25) is 0 Å². The van der Waals surface area contributed by atoms with Crippen LogP contribution in [0.1, 0.15) is 22.7 Å². The molecule has 0 aliphatic rings. The largest absolute Gasteiger partial charge is 0.375 e. The van der Waals surface area contributed by atoms with Crippen LogP contribution >= 0.6 is 22.9 Å². The molecule has 0 spiro atoms. The zero-order chi connectivity index (χ0) is 13.0. The summed E-state index contributed by atoms with van der Waals surface area (Å²) in [7, 11) is 0. The summed E-state index contributed by atoms with van der Waals surface area (Å²) in [6, 6.07) is 12.2.